The van der Waals surface area contributed by atoms with Crippen molar-refractivity contribution >= 4 is 17.4 Å². The van der Waals surface area contributed by atoms with E-state index in [2.05, 4.69) is 37.7 Å². The molecule has 0 aliphatic heterocycles. The van der Waals surface area contributed by atoms with Crippen LogP contribution in [0.15, 0.2) is 48.8 Å². The van der Waals surface area contributed by atoms with Gasteiger partial charge in [-0.3, -0.25) is 9.78 Å². The molecule has 1 amide bonds. The van der Waals surface area contributed by atoms with Crippen LogP contribution in [-0.4, -0.2) is 20.9 Å². The zero-order valence-corrected chi connectivity index (χ0v) is 15.1. The number of amides is 1. The summed E-state index contributed by atoms with van der Waals surface area (Å²) in [6, 6.07) is 11.6. The largest absolute Gasteiger partial charge is 0.347 e. The van der Waals surface area contributed by atoms with Crippen molar-refractivity contribution in [3.8, 4) is 0 Å². The molecule has 1 aromatic carbocycles. The number of rotatable bonds is 5. The van der Waals surface area contributed by atoms with Crippen LogP contribution in [0, 0.1) is 20.8 Å². The van der Waals surface area contributed by atoms with Gasteiger partial charge in [0.05, 0.1) is 0 Å². The van der Waals surface area contributed by atoms with Crippen molar-refractivity contribution in [1.29, 1.82) is 0 Å². The number of carbonyl (C=O) groups is 1. The van der Waals surface area contributed by atoms with Crippen LogP contribution < -0.4 is 10.6 Å². The van der Waals surface area contributed by atoms with Crippen molar-refractivity contribution in [2.24, 2.45) is 0 Å². The summed E-state index contributed by atoms with van der Waals surface area (Å²) in [6.45, 7) is 6.23. The Labute approximate surface area is 152 Å². The number of benzene rings is 1. The number of nitrogens with zero attached hydrogens (tertiary/aromatic N) is 3. The first-order valence-corrected chi connectivity index (χ1v) is 8.38. The van der Waals surface area contributed by atoms with Crippen LogP contribution in [0.1, 0.15) is 33.0 Å². The van der Waals surface area contributed by atoms with Crippen molar-refractivity contribution in [3.05, 3.63) is 77.0 Å². The van der Waals surface area contributed by atoms with Gasteiger partial charge in [-0.2, -0.15) is 0 Å². The molecule has 0 spiro atoms. The highest BCUT2D eigenvalue weighted by Crippen LogP contribution is 2.21. The fourth-order valence-electron chi connectivity index (χ4n) is 2.53. The molecule has 0 radical (unpaired) electrons. The molecule has 3 rings (SSSR count). The average Bonchev–Trinajstić information content (AvgIpc) is 2.63. The molecule has 0 saturated heterocycles. The van der Waals surface area contributed by atoms with Gasteiger partial charge in [-0.05, 0) is 49.6 Å². The molecule has 0 unspecified atom stereocenters. The van der Waals surface area contributed by atoms with Crippen LogP contribution in [0.4, 0.5) is 11.5 Å². The van der Waals surface area contributed by atoms with E-state index in [0.29, 0.717) is 23.9 Å². The highest BCUT2D eigenvalue weighted by Gasteiger charge is 2.11. The lowest BCUT2D eigenvalue weighted by molar-refractivity contribution is 0.0945. The van der Waals surface area contributed by atoms with Crippen LogP contribution >= 0.6 is 0 Å². The van der Waals surface area contributed by atoms with Gasteiger partial charge in [-0.15, -0.1) is 0 Å². The Balaban J connectivity index is 1.76. The molecule has 0 aliphatic carbocycles. The number of carbonyl (C=O) groups excluding carboxylic acids is 1. The average molecular weight is 347 g/mol. The van der Waals surface area contributed by atoms with Gasteiger partial charge < -0.3 is 10.6 Å². The number of pyridine rings is 1. The van der Waals surface area contributed by atoms with Crippen molar-refractivity contribution < 1.29 is 4.79 Å². The van der Waals surface area contributed by atoms with Gasteiger partial charge in [0.1, 0.15) is 17.3 Å². The monoisotopic (exact) mass is 347 g/mol. The highest BCUT2D eigenvalue weighted by atomic mass is 16.1. The maximum absolute atomic E-state index is 12.4. The second-order valence-electron chi connectivity index (χ2n) is 6.17. The maximum Gasteiger partial charge on any atom is 0.270 e. The maximum atomic E-state index is 12.4. The summed E-state index contributed by atoms with van der Waals surface area (Å²) < 4.78 is 0. The Morgan fingerprint density at radius 2 is 1.92 bits per heavy atom. The second kappa shape index (κ2) is 7.74. The van der Waals surface area contributed by atoms with E-state index in [-0.39, 0.29) is 5.91 Å². The van der Waals surface area contributed by atoms with E-state index in [1.165, 1.54) is 0 Å². The van der Waals surface area contributed by atoms with Crippen LogP contribution in [0.25, 0.3) is 0 Å². The molecule has 3 aromatic rings. The molecule has 0 saturated carbocycles. The number of nitrogens with one attached hydrogen (secondary N) is 2. The number of anilines is 2. The summed E-state index contributed by atoms with van der Waals surface area (Å²) in [5.74, 6) is 0.882. The molecule has 0 atom stereocenters. The molecule has 0 fully saturated rings. The quantitative estimate of drug-likeness (QED) is 0.739. The van der Waals surface area contributed by atoms with E-state index < -0.39 is 0 Å². The predicted molar refractivity (Wildman–Crippen MR) is 101 cm³/mol. The zero-order chi connectivity index (χ0) is 18.5. The van der Waals surface area contributed by atoms with E-state index in [1.54, 1.807) is 25.4 Å². The molecule has 132 valence electrons. The normalized spacial score (nSPS) is 10.4. The van der Waals surface area contributed by atoms with Gasteiger partial charge in [0.2, 0.25) is 0 Å². The van der Waals surface area contributed by atoms with Crippen molar-refractivity contribution in [2.75, 3.05) is 5.32 Å². The number of hydrogen-bond acceptors (Lipinski definition) is 5. The first-order valence-electron chi connectivity index (χ1n) is 8.38. The molecule has 2 N–H and O–H groups in total. The molecular formula is C20H21N5O. The van der Waals surface area contributed by atoms with Gasteiger partial charge in [0.15, 0.2) is 0 Å². The Morgan fingerprint density at radius 3 is 2.69 bits per heavy atom. The van der Waals surface area contributed by atoms with Crippen LogP contribution in [0.5, 0.6) is 0 Å². The van der Waals surface area contributed by atoms with E-state index >= 15 is 0 Å². The lowest BCUT2D eigenvalue weighted by Crippen LogP contribution is -2.24. The van der Waals surface area contributed by atoms with Crippen molar-refractivity contribution in [1.82, 2.24) is 20.3 Å². The Bertz CT molecular complexity index is 925. The summed E-state index contributed by atoms with van der Waals surface area (Å²) in [5, 5.41) is 6.14. The second-order valence-corrected chi connectivity index (χ2v) is 6.17. The van der Waals surface area contributed by atoms with Gasteiger partial charge in [-0.1, -0.05) is 18.2 Å². The molecule has 2 heterocycles. The van der Waals surface area contributed by atoms with Crippen molar-refractivity contribution in [2.45, 2.75) is 27.3 Å². The number of aryl methyl sites for hydroxylation is 3. The Kier molecular flexibility index (Phi) is 5.22. The molecule has 0 bridgehead atoms. The minimum atomic E-state index is -0.247. The SMILES string of the molecule is Cc1ccc(C)c(Nc2cc(C(=O)NCc3cccnc3)nc(C)n2)c1. The molecule has 2 aromatic heterocycles. The Hall–Kier alpha value is -3.28. The summed E-state index contributed by atoms with van der Waals surface area (Å²) in [6.07, 6.45) is 3.42. The topological polar surface area (TPSA) is 79.8 Å². The molecule has 26 heavy (non-hydrogen) atoms. The fraction of sp³-hybridized carbons (Fsp3) is 0.200. The minimum Gasteiger partial charge on any atom is -0.347 e. The molecular weight excluding hydrogens is 326 g/mol. The van der Waals surface area contributed by atoms with E-state index in [1.807, 2.05) is 32.0 Å². The first-order chi connectivity index (χ1) is 12.5. The summed E-state index contributed by atoms with van der Waals surface area (Å²) in [5.41, 5.74) is 4.48. The summed E-state index contributed by atoms with van der Waals surface area (Å²) in [7, 11) is 0. The van der Waals surface area contributed by atoms with E-state index in [9.17, 15) is 4.79 Å². The number of aromatic nitrogens is 3. The smallest absolute Gasteiger partial charge is 0.270 e. The summed E-state index contributed by atoms with van der Waals surface area (Å²) >= 11 is 0. The molecule has 0 aliphatic rings. The van der Waals surface area contributed by atoms with Crippen molar-refractivity contribution in [3.63, 3.8) is 0 Å². The van der Waals surface area contributed by atoms with Gasteiger partial charge >= 0.3 is 0 Å². The fourth-order valence-corrected chi connectivity index (χ4v) is 2.53. The molecule has 6 nitrogen and oxygen atoms in total. The zero-order valence-electron chi connectivity index (χ0n) is 15.1. The predicted octanol–water partition coefficient (Wildman–Crippen LogP) is 3.47. The van der Waals surface area contributed by atoms with Gasteiger partial charge in [-0.25, -0.2) is 9.97 Å². The third-order valence-electron chi connectivity index (χ3n) is 3.90. The Morgan fingerprint density at radius 1 is 1.08 bits per heavy atom. The van der Waals surface area contributed by atoms with E-state index in [4.69, 9.17) is 0 Å². The van der Waals surface area contributed by atoms with E-state index in [0.717, 1.165) is 22.4 Å². The van der Waals surface area contributed by atoms with Crippen LogP contribution in [0.3, 0.4) is 0 Å². The third kappa shape index (κ3) is 4.42. The van der Waals surface area contributed by atoms with Crippen LogP contribution in [-0.2, 0) is 6.54 Å². The summed E-state index contributed by atoms with van der Waals surface area (Å²) in [4.78, 5) is 25.1. The standard InChI is InChI=1S/C20H21N5O/c1-13-6-7-14(2)17(9-13)25-19-10-18(23-15(3)24-19)20(26)22-12-16-5-4-8-21-11-16/h4-11H,12H2,1-3H3,(H,22,26)(H,23,24,25). The minimum absolute atomic E-state index is 0.247. The first kappa shape index (κ1) is 17.5. The lowest BCUT2D eigenvalue weighted by Gasteiger charge is -2.12. The third-order valence-corrected chi connectivity index (χ3v) is 3.90. The lowest BCUT2D eigenvalue weighted by atomic mass is 10.1. The number of hydrogen-bond donors (Lipinski definition) is 2. The van der Waals surface area contributed by atoms with Gasteiger partial charge in [0, 0.05) is 30.7 Å². The highest BCUT2D eigenvalue weighted by molar-refractivity contribution is 5.93. The molecule has 6 heteroatoms. The van der Waals surface area contributed by atoms with Crippen LogP contribution in [0.2, 0.25) is 0 Å². The van der Waals surface area contributed by atoms with Gasteiger partial charge in [0.25, 0.3) is 5.91 Å².